The van der Waals surface area contributed by atoms with Crippen LogP contribution in [0.15, 0.2) is 10.9 Å². The van der Waals surface area contributed by atoms with Gasteiger partial charge in [0.05, 0.1) is 12.3 Å². The lowest BCUT2D eigenvalue weighted by Crippen LogP contribution is -2.52. The van der Waals surface area contributed by atoms with E-state index in [1.807, 2.05) is 19.9 Å². The van der Waals surface area contributed by atoms with Gasteiger partial charge in [-0.2, -0.15) is 4.31 Å². The molecule has 0 aromatic carbocycles. The van der Waals surface area contributed by atoms with Gasteiger partial charge in [-0.1, -0.05) is 0 Å². The number of nitrogens with one attached hydrogen (secondary N) is 2. The number of aromatic nitrogens is 1. The smallest absolute Gasteiger partial charge is 0.317 e. The number of rotatable bonds is 3. The van der Waals surface area contributed by atoms with Crippen molar-refractivity contribution in [2.75, 3.05) is 25.4 Å². The summed E-state index contributed by atoms with van der Waals surface area (Å²) in [6.45, 7) is 5.35. The summed E-state index contributed by atoms with van der Waals surface area (Å²) in [5.41, 5.74) is 1.97. The van der Waals surface area contributed by atoms with Crippen molar-refractivity contribution in [2.24, 2.45) is 0 Å². The molecular formula is C17H26N4O4S. The van der Waals surface area contributed by atoms with Crippen LogP contribution in [0.3, 0.4) is 0 Å². The number of carbonyl (C=O) groups is 1. The van der Waals surface area contributed by atoms with Crippen LogP contribution in [-0.2, 0) is 16.6 Å². The van der Waals surface area contributed by atoms with Gasteiger partial charge >= 0.3 is 6.03 Å². The summed E-state index contributed by atoms with van der Waals surface area (Å²) in [6.07, 6.45) is 2.20. The first-order valence-electron chi connectivity index (χ1n) is 8.99. The first-order valence-corrected chi connectivity index (χ1v) is 10.6. The normalized spacial score (nSPS) is 23.2. The number of piperidine rings is 1. The average Bonchev–Trinajstić information content (AvgIpc) is 2.93. The third-order valence-electron chi connectivity index (χ3n) is 5.14. The quantitative estimate of drug-likeness (QED) is 0.803. The van der Waals surface area contributed by atoms with E-state index in [4.69, 9.17) is 0 Å². The average molecular weight is 382 g/mol. The number of carbonyl (C=O) groups excluding carboxylic acids is 1. The Labute approximate surface area is 153 Å². The van der Waals surface area contributed by atoms with Crippen LogP contribution in [0, 0.1) is 13.8 Å². The maximum atomic E-state index is 12.5. The summed E-state index contributed by atoms with van der Waals surface area (Å²) in [7, 11) is -3.18. The standard InChI is InChI=1S/C17H26N4O4S/c1-12-9-13(2)19-16(22)15(12)10-18-17(23)20-6-3-5-14(11-20)21-7-4-8-26(21,24)25/h9,14H,3-8,10-11H2,1-2H3,(H,18,23)(H,19,22). The Bertz CT molecular complexity index is 849. The molecule has 0 radical (unpaired) electrons. The van der Waals surface area contributed by atoms with E-state index in [1.54, 1.807) is 9.21 Å². The van der Waals surface area contributed by atoms with E-state index < -0.39 is 10.0 Å². The topological polar surface area (TPSA) is 103 Å². The van der Waals surface area contributed by atoms with Crippen molar-refractivity contribution in [3.63, 3.8) is 0 Å². The van der Waals surface area contributed by atoms with E-state index in [-0.39, 0.29) is 29.9 Å². The lowest BCUT2D eigenvalue weighted by atomic mass is 10.1. The first kappa shape index (κ1) is 18.9. The number of aryl methyl sites for hydroxylation is 2. The number of aromatic amines is 1. The minimum Gasteiger partial charge on any atom is -0.334 e. The molecule has 1 unspecified atom stereocenters. The van der Waals surface area contributed by atoms with Crippen LogP contribution in [0.25, 0.3) is 0 Å². The largest absolute Gasteiger partial charge is 0.334 e. The van der Waals surface area contributed by atoms with Crippen molar-refractivity contribution >= 4 is 16.1 Å². The summed E-state index contributed by atoms with van der Waals surface area (Å²) >= 11 is 0. The number of hydrogen-bond donors (Lipinski definition) is 2. The van der Waals surface area contributed by atoms with Gasteiger partial charge in [-0.05, 0) is 44.7 Å². The number of H-pyrrole nitrogens is 1. The number of amides is 2. The molecule has 0 saturated carbocycles. The van der Waals surface area contributed by atoms with Gasteiger partial charge < -0.3 is 15.2 Å². The highest BCUT2D eigenvalue weighted by Crippen LogP contribution is 2.23. The van der Waals surface area contributed by atoms with Crippen molar-refractivity contribution < 1.29 is 13.2 Å². The van der Waals surface area contributed by atoms with Gasteiger partial charge in [-0.3, -0.25) is 4.79 Å². The van der Waals surface area contributed by atoms with E-state index in [0.29, 0.717) is 31.6 Å². The van der Waals surface area contributed by atoms with E-state index in [2.05, 4.69) is 10.3 Å². The third kappa shape index (κ3) is 3.93. The van der Waals surface area contributed by atoms with Crippen molar-refractivity contribution in [2.45, 2.75) is 45.7 Å². The third-order valence-corrected chi connectivity index (χ3v) is 7.14. The van der Waals surface area contributed by atoms with Crippen LogP contribution in [0.2, 0.25) is 0 Å². The Hall–Kier alpha value is -1.87. The van der Waals surface area contributed by atoms with Crippen LogP contribution in [0.1, 0.15) is 36.1 Å². The van der Waals surface area contributed by atoms with Gasteiger partial charge in [0.15, 0.2) is 0 Å². The molecule has 0 bridgehead atoms. The lowest BCUT2D eigenvalue weighted by Gasteiger charge is -2.36. The number of pyridine rings is 1. The monoisotopic (exact) mass is 382 g/mol. The number of sulfonamides is 1. The molecule has 2 saturated heterocycles. The molecule has 2 fully saturated rings. The fraction of sp³-hybridized carbons (Fsp3) is 0.647. The van der Waals surface area contributed by atoms with Crippen LogP contribution in [0.4, 0.5) is 4.79 Å². The molecule has 2 amide bonds. The van der Waals surface area contributed by atoms with Crippen LogP contribution in [0.5, 0.6) is 0 Å². The van der Waals surface area contributed by atoms with Gasteiger partial charge in [0.2, 0.25) is 10.0 Å². The maximum Gasteiger partial charge on any atom is 0.317 e. The molecule has 1 aromatic heterocycles. The van der Waals surface area contributed by atoms with E-state index >= 15 is 0 Å². The molecule has 2 N–H and O–H groups in total. The fourth-order valence-corrected chi connectivity index (χ4v) is 5.58. The molecule has 26 heavy (non-hydrogen) atoms. The molecule has 3 rings (SSSR count). The van der Waals surface area contributed by atoms with Gasteiger partial charge in [-0.15, -0.1) is 0 Å². The number of hydrogen-bond acceptors (Lipinski definition) is 4. The molecule has 2 aliphatic rings. The summed E-state index contributed by atoms with van der Waals surface area (Å²) in [4.78, 5) is 29.0. The molecule has 0 spiro atoms. The van der Waals surface area contributed by atoms with E-state index in [1.165, 1.54) is 0 Å². The molecule has 0 aliphatic carbocycles. The van der Waals surface area contributed by atoms with E-state index in [0.717, 1.165) is 24.1 Å². The zero-order valence-corrected chi connectivity index (χ0v) is 16.1. The Morgan fingerprint density at radius 1 is 1.31 bits per heavy atom. The number of urea groups is 1. The molecule has 8 nitrogen and oxygen atoms in total. The van der Waals surface area contributed by atoms with Crippen molar-refractivity contribution in [3.05, 3.63) is 33.2 Å². The predicted octanol–water partition coefficient (Wildman–Crippen LogP) is 0.701. The minimum atomic E-state index is -3.18. The molecule has 1 atom stereocenters. The van der Waals surface area contributed by atoms with Crippen LogP contribution < -0.4 is 10.9 Å². The summed E-state index contributed by atoms with van der Waals surface area (Å²) in [5.74, 6) is 0.200. The van der Waals surface area contributed by atoms with Gasteiger partial charge in [0.25, 0.3) is 5.56 Å². The lowest BCUT2D eigenvalue weighted by molar-refractivity contribution is 0.153. The summed E-state index contributed by atoms with van der Waals surface area (Å²) < 4.78 is 25.8. The molecule has 1 aromatic rings. The molecular weight excluding hydrogens is 356 g/mol. The number of likely N-dealkylation sites (tertiary alicyclic amines) is 1. The van der Waals surface area contributed by atoms with Gasteiger partial charge in [0, 0.05) is 36.9 Å². The van der Waals surface area contributed by atoms with Crippen molar-refractivity contribution in [1.82, 2.24) is 19.5 Å². The number of nitrogens with zero attached hydrogens (tertiary/aromatic N) is 2. The summed E-state index contributed by atoms with van der Waals surface area (Å²) in [5, 5.41) is 2.80. The van der Waals surface area contributed by atoms with Gasteiger partial charge in [-0.25, -0.2) is 13.2 Å². The Kier molecular flexibility index (Phi) is 5.38. The Balaban J connectivity index is 1.62. The minimum absolute atomic E-state index is 0.147. The van der Waals surface area contributed by atoms with Crippen molar-refractivity contribution in [1.29, 1.82) is 0 Å². The van der Waals surface area contributed by atoms with Crippen LogP contribution >= 0.6 is 0 Å². The van der Waals surface area contributed by atoms with Crippen LogP contribution in [-0.4, -0.2) is 60.1 Å². The second-order valence-corrected chi connectivity index (χ2v) is 9.17. The summed E-state index contributed by atoms with van der Waals surface area (Å²) in [6, 6.07) is 1.47. The second-order valence-electron chi connectivity index (χ2n) is 7.12. The fourth-order valence-electron chi connectivity index (χ4n) is 3.82. The highest BCUT2D eigenvalue weighted by Gasteiger charge is 2.37. The molecule has 2 aliphatic heterocycles. The second kappa shape index (κ2) is 7.40. The van der Waals surface area contributed by atoms with Gasteiger partial charge in [0.1, 0.15) is 0 Å². The highest BCUT2D eigenvalue weighted by molar-refractivity contribution is 7.89. The zero-order chi connectivity index (χ0) is 18.9. The van der Waals surface area contributed by atoms with Crippen molar-refractivity contribution in [3.8, 4) is 0 Å². The van der Waals surface area contributed by atoms with E-state index in [9.17, 15) is 18.0 Å². The molecule has 3 heterocycles. The zero-order valence-electron chi connectivity index (χ0n) is 15.2. The molecule has 9 heteroatoms. The Morgan fingerprint density at radius 2 is 2.08 bits per heavy atom. The first-order chi connectivity index (χ1) is 12.3. The molecule has 144 valence electrons. The SMILES string of the molecule is Cc1cc(C)c(CNC(=O)N2CCCC(N3CCCS3(=O)=O)C2)c(=O)[nH]1. The Morgan fingerprint density at radius 3 is 2.73 bits per heavy atom. The predicted molar refractivity (Wildman–Crippen MR) is 98.5 cm³/mol. The highest BCUT2D eigenvalue weighted by atomic mass is 32.2. The maximum absolute atomic E-state index is 12.5.